The summed E-state index contributed by atoms with van der Waals surface area (Å²) in [6.45, 7) is 4.14. The van der Waals surface area contributed by atoms with Crippen LogP contribution in [0.25, 0.3) is 11.2 Å². The summed E-state index contributed by atoms with van der Waals surface area (Å²) in [4.78, 5) is 4.72. The minimum absolute atomic E-state index is 0.115. The highest BCUT2D eigenvalue weighted by Gasteiger charge is 2.21. The first-order valence-corrected chi connectivity index (χ1v) is 9.04. The van der Waals surface area contributed by atoms with E-state index in [4.69, 9.17) is 16.6 Å². The molecule has 0 radical (unpaired) electrons. The van der Waals surface area contributed by atoms with Crippen molar-refractivity contribution in [3.05, 3.63) is 11.5 Å². The Labute approximate surface area is 126 Å². The zero-order chi connectivity index (χ0) is 14.9. The van der Waals surface area contributed by atoms with E-state index in [2.05, 4.69) is 23.5 Å². The fourth-order valence-electron chi connectivity index (χ4n) is 2.62. The van der Waals surface area contributed by atoms with Gasteiger partial charge in [-0.25, -0.2) is 4.98 Å². The first-order valence-electron chi connectivity index (χ1n) is 6.78. The molecular weight excluding hydrogens is 296 g/mol. The predicted octanol–water partition coefficient (Wildman–Crippen LogP) is 2.05. The van der Waals surface area contributed by atoms with Gasteiger partial charge in [0, 0.05) is 48.2 Å². The summed E-state index contributed by atoms with van der Waals surface area (Å²) >= 11 is 5.89. The number of fused-ring (bicyclic) bond motifs is 1. The van der Waals surface area contributed by atoms with Crippen LogP contribution in [0.2, 0.25) is 0 Å². The number of aryl methyl sites for hydroxylation is 3. The van der Waals surface area contributed by atoms with Crippen LogP contribution in [0.4, 0.5) is 0 Å². The summed E-state index contributed by atoms with van der Waals surface area (Å²) in [6.07, 6.45) is 3.29. The minimum atomic E-state index is -0.848. The Morgan fingerprint density at radius 1 is 1.45 bits per heavy atom. The lowest BCUT2D eigenvalue weighted by Crippen LogP contribution is -2.17. The van der Waals surface area contributed by atoms with E-state index in [9.17, 15) is 4.21 Å². The molecule has 5 nitrogen and oxygen atoms in total. The molecule has 2 atom stereocenters. The maximum absolute atomic E-state index is 11.5. The molecule has 2 unspecified atom stereocenters. The standard InChI is InChI=1S/C13H21ClN4OS/c1-5-10-12-13(17(3)16-10)18(9(2)8-20(4)19)11(15-12)6-7-14/h9H,5-8H2,1-4H3. The Kier molecular flexibility index (Phi) is 4.86. The van der Waals surface area contributed by atoms with Crippen LogP contribution in [0, 0.1) is 0 Å². The summed E-state index contributed by atoms with van der Waals surface area (Å²) in [5.41, 5.74) is 2.95. The normalized spacial score (nSPS) is 14.8. The van der Waals surface area contributed by atoms with E-state index in [0.717, 1.165) is 29.1 Å². The Morgan fingerprint density at radius 3 is 2.70 bits per heavy atom. The molecule has 112 valence electrons. The van der Waals surface area contributed by atoms with Gasteiger partial charge in [0.1, 0.15) is 11.3 Å². The molecule has 0 fully saturated rings. The summed E-state index contributed by atoms with van der Waals surface area (Å²) in [6, 6.07) is 0.115. The Morgan fingerprint density at radius 2 is 2.15 bits per heavy atom. The molecular formula is C13H21ClN4OS. The van der Waals surface area contributed by atoms with Gasteiger partial charge in [-0.05, 0) is 13.3 Å². The molecule has 0 saturated carbocycles. The van der Waals surface area contributed by atoms with Crippen LogP contribution in [0.15, 0.2) is 0 Å². The Balaban J connectivity index is 2.61. The molecule has 0 bridgehead atoms. The van der Waals surface area contributed by atoms with E-state index in [1.54, 1.807) is 6.26 Å². The van der Waals surface area contributed by atoms with Crippen LogP contribution < -0.4 is 0 Å². The number of halogens is 1. The first-order chi connectivity index (χ1) is 9.49. The van der Waals surface area contributed by atoms with E-state index in [0.29, 0.717) is 18.1 Å². The molecule has 0 amide bonds. The quantitative estimate of drug-likeness (QED) is 0.766. The molecule has 0 aliphatic carbocycles. The molecule has 7 heteroatoms. The van der Waals surface area contributed by atoms with Crippen molar-refractivity contribution in [3.8, 4) is 0 Å². The molecule has 0 aliphatic rings. The molecule has 2 heterocycles. The summed E-state index contributed by atoms with van der Waals surface area (Å²) in [5.74, 6) is 2.09. The van der Waals surface area contributed by atoms with Gasteiger partial charge in [-0.1, -0.05) is 6.92 Å². The van der Waals surface area contributed by atoms with Gasteiger partial charge in [-0.2, -0.15) is 5.10 Å². The Bertz CT molecular complexity index is 634. The van der Waals surface area contributed by atoms with Crippen LogP contribution in [0.1, 0.15) is 31.4 Å². The van der Waals surface area contributed by atoms with Crippen LogP contribution in [0.3, 0.4) is 0 Å². The third kappa shape index (κ3) is 2.76. The van der Waals surface area contributed by atoms with E-state index >= 15 is 0 Å². The monoisotopic (exact) mass is 316 g/mol. The van der Waals surface area contributed by atoms with Crippen LogP contribution in [-0.2, 0) is 30.7 Å². The number of hydrogen-bond acceptors (Lipinski definition) is 3. The second kappa shape index (κ2) is 6.26. The second-order valence-electron chi connectivity index (χ2n) is 5.02. The van der Waals surface area contributed by atoms with Crippen LogP contribution >= 0.6 is 11.6 Å². The van der Waals surface area contributed by atoms with Crippen molar-refractivity contribution in [3.63, 3.8) is 0 Å². The number of hydrogen-bond donors (Lipinski definition) is 0. The molecule has 0 saturated heterocycles. The molecule has 2 aromatic heterocycles. The molecule has 0 spiro atoms. The molecule has 2 aromatic rings. The van der Waals surface area contributed by atoms with Crippen molar-refractivity contribution >= 4 is 33.6 Å². The third-order valence-electron chi connectivity index (χ3n) is 3.38. The van der Waals surface area contributed by atoms with Gasteiger partial charge < -0.3 is 4.57 Å². The molecule has 0 aromatic carbocycles. The largest absolute Gasteiger partial charge is 0.309 e. The zero-order valence-electron chi connectivity index (χ0n) is 12.4. The Hall–Kier alpha value is -0.880. The predicted molar refractivity (Wildman–Crippen MR) is 83.9 cm³/mol. The first kappa shape index (κ1) is 15.5. The van der Waals surface area contributed by atoms with Crippen molar-refractivity contribution < 1.29 is 4.21 Å². The minimum Gasteiger partial charge on any atom is -0.309 e. The molecule has 0 N–H and O–H groups in total. The van der Waals surface area contributed by atoms with Crippen molar-refractivity contribution in [1.29, 1.82) is 0 Å². The van der Waals surface area contributed by atoms with Crippen molar-refractivity contribution in [2.45, 2.75) is 32.7 Å². The van der Waals surface area contributed by atoms with E-state index in [-0.39, 0.29) is 6.04 Å². The lowest BCUT2D eigenvalue weighted by molar-refractivity contribution is 0.569. The number of nitrogens with zero attached hydrogens (tertiary/aromatic N) is 4. The van der Waals surface area contributed by atoms with Gasteiger partial charge in [-0.15, -0.1) is 11.6 Å². The highest BCUT2D eigenvalue weighted by Crippen LogP contribution is 2.24. The fraction of sp³-hybridized carbons (Fsp3) is 0.692. The number of aromatic nitrogens is 4. The average molecular weight is 317 g/mol. The van der Waals surface area contributed by atoms with Crippen LogP contribution in [0.5, 0.6) is 0 Å². The van der Waals surface area contributed by atoms with E-state index in [1.165, 1.54) is 0 Å². The number of rotatable bonds is 6. The van der Waals surface area contributed by atoms with Gasteiger partial charge in [0.05, 0.1) is 5.69 Å². The summed E-state index contributed by atoms with van der Waals surface area (Å²) in [5, 5.41) is 4.52. The fourth-order valence-corrected chi connectivity index (χ4v) is 3.62. The maximum atomic E-state index is 11.5. The van der Waals surface area contributed by atoms with Gasteiger partial charge >= 0.3 is 0 Å². The average Bonchev–Trinajstić information content (AvgIpc) is 2.87. The lowest BCUT2D eigenvalue weighted by atomic mass is 10.3. The lowest BCUT2D eigenvalue weighted by Gasteiger charge is -2.16. The van der Waals surface area contributed by atoms with Crippen molar-refractivity contribution in [2.75, 3.05) is 17.9 Å². The SMILES string of the molecule is CCc1nn(C)c2c1nc(CCCl)n2C(C)CS(C)=O. The van der Waals surface area contributed by atoms with E-state index in [1.807, 2.05) is 11.7 Å². The van der Waals surface area contributed by atoms with E-state index < -0.39 is 10.8 Å². The smallest absolute Gasteiger partial charge is 0.158 e. The van der Waals surface area contributed by atoms with Crippen molar-refractivity contribution in [1.82, 2.24) is 19.3 Å². The topological polar surface area (TPSA) is 52.7 Å². The molecule has 2 rings (SSSR count). The van der Waals surface area contributed by atoms with Gasteiger partial charge in [0.15, 0.2) is 5.65 Å². The maximum Gasteiger partial charge on any atom is 0.158 e. The van der Waals surface area contributed by atoms with Gasteiger partial charge in [0.2, 0.25) is 0 Å². The third-order valence-corrected chi connectivity index (χ3v) is 4.52. The highest BCUT2D eigenvalue weighted by molar-refractivity contribution is 7.84. The molecule has 0 aliphatic heterocycles. The molecule has 20 heavy (non-hydrogen) atoms. The summed E-state index contributed by atoms with van der Waals surface area (Å²) in [7, 11) is 1.08. The number of imidazole rings is 1. The zero-order valence-corrected chi connectivity index (χ0v) is 14.0. The summed E-state index contributed by atoms with van der Waals surface area (Å²) < 4.78 is 15.5. The van der Waals surface area contributed by atoms with Crippen LogP contribution in [-0.4, -0.2) is 41.4 Å². The van der Waals surface area contributed by atoms with Crippen molar-refractivity contribution in [2.24, 2.45) is 7.05 Å². The van der Waals surface area contributed by atoms with Gasteiger partial charge in [-0.3, -0.25) is 8.89 Å². The second-order valence-corrected chi connectivity index (χ2v) is 6.88. The highest BCUT2D eigenvalue weighted by atomic mass is 35.5. The van der Waals surface area contributed by atoms with Gasteiger partial charge in [0.25, 0.3) is 0 Å². The number of alkyl halides is 1.